The average Bonchev–Trinajstić information content (AvgIpc) is 2.54. The highest BCUT2D eigenvalue weighted by Gasteiger charge is 2.23. The average molecular weight is 357 g/mol. The van der Waals surface area contributed by atoms with Gasteiger partial charge in [-0.25, -0.2) is 13.1 Å². The minimum Gasteiger partial charge on any atom is -0.392 e. The first kappa shape index (κ1) is 15.0. The van der Waals surface area contributed by atoms with Crippen molar-refractivity contribution in [1.29, 1.82) is 0 Å². The highest BCUT2D eigenvalue weighted by atomic mass is 79.9. The highest BCUT2D eigenvalue weighted by Crippen LogP contribution is 2.29. The molecule has 1 rings (SSSR count). The van der Waals surface area contributed by atoms with Crippen LogP contribution < -0.4 is 10.5 Å². The summed E-state index contributed by atoms with van der Waals surface area (Å²) in [7, 11) is -3.56. The number of halogens is 1. The van der Waals surface area contributed by atoms with Crippen molar-refractivity contribution >= 4 is 54.5 Å². The lowest BCUT2D eigenvalue weighted by atomic mass is 10.2. The molecule has 3 N–H and O–H groups in total. The van der Waals surface area contributed by atoms with Gasteiger partial charge in [0.15, 0.2) is 0 Å². The van der Waals surface area contributed by atoms with Crippen molar-refractivity contribution in [3.8, 4) is 0 Å². The number of hydrogen-bond donors (Lipinski definition) is 2. The zero-order valence-electron chi connectivity index (χ0n) is 9.36. The fraction of sp³-hybridized carbons (Fsp3) is 0.444. The van der Waals surface area contributed by atoms with Gasteiger partial charge in [-0.15, -0.1) is 11.3 Å². The molecule has 0 spiro atoms. The number of thiophene rings is 1. The molecule has 0 bridgehead atoms. The lowest BCUT2D eigenvalue weighted by Crippen LogP contribution is -2.42. The first-order chi connectivity index (χ1) is 7.77. The molecule has 96 valence electrons. The number of sulfonamides is 1. The van der Waals surface area contributed by atoms with Crippen molar-refractivity contribution in [2.45, 2.75) is 31.2 Å². The predicted molar refractivity (Wildman–Crippen MR) is 77.9 cm³/mol. The topological polar surface area (TPSA) is 72.2 Å². The van der Waals surface area contributed by atoms with E-state index in [9.17, 15) is 8.42 Å². The Kier molecular flexibility index (Phi) is 5.08. The van der Waals surface area contributed by atoms with E-state index in [1.54, 1.807) is 13.0 Å². The van der Waals surface area contributed by atoms with Gasteiger partial charge in [0.2, 0.25) is 10.0 Å². The van der Waals surface area contributed by atoms with Crippen molar-refractivity contribution in [3.05, 3.63) is 14.7 Å². The summed E-state index contributed by atoms with van der Waals surface area (Å²) in [6, 6.07) is 1.07. The molecule has 8 heteroatoms. The molecule has 1 heterocycles. The van der Waals surface area contributed by atoms with Gasteiger partial charge in [-0.3, -0.25) is 0 Å². The van der Waals surface area contributed by atoms with Crippen LogP contribution in [0.1, 0.15) is 18.2 Å². The summed E-state index contributed by atoms with van der Waals surface area (Å²) >= 11 is 9.45. The number of nitrogens with one attached hydrogen (secondary N) is 1. The van der Waals surface area contributed by atoms with Crippen molar-refractivity contribution in [2.24, 2.45) is 5.73 Å². The maximum Gasteiger partial charge on any atom is 0.242 e. The van der Waals surface area contributed by atoms with E-state index in [1.807, 2.05) is 6.92 Å². The second-order valence-electron chi connectivity index (χ2n) is 3.46. The summed E-state index contributed by atoms with van der Waals surface area (Å²) in [6.07, 6.45) is 0.527. The standard InChI is InChI=1S/C9H13BrN2O2S3/c1-3-6(9(11)15)12-17(13,14)7-4-8(10)16-5(7)2/h4,6,12H,3H2,1-2H3,(H2,11,15). The summed E-state index contributed by atoms with van der Waals surface area (Å²) < 4.78 is 27.5. The Morgan fingerprint density at radius 1 is 1.71 bits per heavy atom. The van der Waals surface area contributed by atoms with E-state index in [4.69, 9.17) is 18.0 Å². The molecule has 0 fully saturated rings. The Hall–Kier alpha value is -0.0200. The van der Waals surface area contributed by atoms with Crippen LogP contribution >= 0.6 is 39.5 Å². The van der Waals surface area contributed by atoms with E-state index in [0.29, 0.717) is 6.42 Å². The van der Waals surface area contributed by atoms with Crippen LogP contribution in [0.15, 0.2) is 14.7 Å². The molecule has 4 nitrogen and oxygen atoms in total. The molecule has 0 aliphatic heterocycles. The lowest BCUT2D eigenvalue weighted by Gasteiger charge is -2.15. The molecule has 0 radical (unpaired) electrons. The fourth-order valence-electron chi connectivity index (χ4n) is 1.29. The van der Waals surface area contributed by atoms with Crippen LogP contribution in [0.5, 0.6) is 0 Å². The van der Waals surface area contributed by atoms with Crippen LogP contribution in [0.2, 0.25) is 0 Å². The monoisotopic (exact) mass is 356 g/mol. The second kappa shape index (κ2) is 5.75. The molecule has 1 unspecified atom stereocenters. The van der Waals surface area contributed by atoms with E-state index >= 15 is 0 Å². The second-order valence-corrected chi connectivity index (χ2v) is 8.24. The van der Waals surface area contributed by atoms with Gasteiger partial charge in [0.05, 0.1) is 19.7 Å². The molecule has 0 aliphatic carbocycles. The van der Waals surface area contributed by atoms with E-state index in [0.717, 1.165) is 8.66 Å². The van der Waals surface area contributed by atoms with Gasteiger partial charge in [0, 0.05) is 4.88 Å². The molecule has 0 saturated heterocycles. The molecular formula is C9H13BrN2O2S3. The van der Waals surface area contributed by atoms with Crippen molar-refractivity contribution in [1.82, 2.24) is 4.72 Å². The highest BCUT2D eigenvalue weighted by molar-refractivity contribution is 9.11. The van der Waals surface area contributed by atoms with Crippen molar-refractivity contribution in [3.63, 3.8) is 0 Å². The van der Waals surface area contributed by atoms with Crippen LogP contribution in [0, 0.1) is 6.92 Å². The summed E-state index contributed by atoms with van der Waals surface area (Å²) in [5, 5.41) is 0. The summed E-state index contributed by atoms with van der Waals surface area (Å²) in [4.78, 5) is 1.15. The first-order valence-corrected chi connectivity index (χ1v) is 8.35. The third-order valence-corrected chi connectivity index (χ3v) is 5.75. The molecular weight excluding hydrogens is 344 g/mol. The number of aryl methyl sites for hydroxylation is 1. The maximum atomic E-state index is 12.1. The van der Waals surface area contributed by atoms with E-state index in [2.05, 4.69) is 20.7 Å². The molecule has 0 aromatic carbocycles. The summed E-state index contributed by atoms with van der Waals surface area (Å²) in [5.74, 6) is 0. The maximum absolute atomic E-state index is 12.1. The van der Waals surface area contributed by atoms with Crippen LogP contribution in [-0.4, -0.2) is 19.4 Å². The van der Waals surface area contributed by atoms with Crippen LogP contribution in [0.25, 0.3) is 0 Å². The Morgan fingerprint density at radius 3 is 2.65 bits per heavy atom. The third kappa shape index (κ3) is 3.72. The zero-order valence-corrected chi connectivity index (χ0v) is 13.4. The summed E-state index contributed by atoms with van der Waals surface area (Å²) in [5.41, 5.74) is 5.47. The molecule has 1 aromatic heterocycles. The quantitative estimate of drug-likeness (QED) is 0.793. The normalized spacial score (nSPS) is 13.6. The molecule has 1 aromatic rings. The molecule has 17 heavy (non-hydrogen) atoms. The Balaban J connectivity index is 3.04. The molecule has 0 aliphatic rings. The fourth-order valence-corrected chi connectivity index (χ4v) is 5.30. The van der Waals surface area contributed by atoms with E-state index in [1.165, 1.54) is 11.3 Å². The number of rotatable bonds is 5. The van der Waals surface area contributed by atoms with E-state index in [-0.39, 0.29) is 9.88 Å². The molecule has 0 saturated carbocycles. The van der Waals surface area contributed by atoms with Crippen LogP contribution in [0.4, 0.5) is 0 Å². The van der Waals surface area contributed by atoms with Crippen LogP contribution in [0.3, 0.4) is 0 Å². The Bertz CT molecular complexity index is 524. The molecule has 0 amide bonds. The minimum atomic E-state index is -3.56. The van der Waals surface area contributed by atoms with Gasteiger partial charge in [-0.05, 0) is 35.3 Å². The van der Waals surface area contributed by atoms with Crippen molar-refractivity contribution < 1.29 is 8.42 Å². The molecule has 1 atom stereocenters. The zero-order chi connectivity index (χ0) is 13.2. The van der Waals surface area contributed by atoms with Crippen molar-refractivity contribution in [2.75, 3.05) is 0 Å². The Morgan fingerprint density at radius 2 is 2.29 bits per heavy atom. The van der Waals surface area contributed by atoms with Gasteiger partial charge >= 0.3 is 0 Å². The summed E-state index contributed by atoms with van der Waals surface area (Å²) in [6.45, 7) is 3.58. The number of hydrogen-bond acceptors (Lipinski definition) is 4. The third-order valence-electron chi connectivity index (χ3n) is 2.18. The predicted octanol–water partition coefficient (Wildman–Crippen LogP) is 2.16. The largest absolute Gasteiger partial charge is 0.392 e. The Labute approximate surface area is 119 Å². The van der Waals surface area contributed by atoms with Gasteiger partial charge in [0.1, 0.15) is 0 Å². The minimum absolute atomic E-state index is 0.156. The number of nitrogens with two attached hydrogens (primary N) is 1. The van der Waals surface area contributed by atoms with E-state index < -0.39 is 16.1 Å². The SMILES string of the molecule is CCC(NS(=O)(=O)c1cc(Br)sc1C)C(N)=S. The van der Waals surface area contributed by atoms with Gasteiger partial charge in [-0.2, -0.15) is 0 Å². The lowest BCUT2D eigenvalue weighted by molar-refractivity contribution is 0.572. The van der Waals surface area contributed by atoms with Gasteiger partial charge < -0.3 is 5.73 Å². The first-order valence-electron chi connectivity index (χ1n) is 4.85. The van der Waals surface area contributed by atoms with Gasteiger partial charge in [-0.1, -0.05) is 19.1 Å². The smallest absolute Gasteiger partial charge is 0.242 e. The van der Waals surface area contributed by atoms with Gasteiger partial charge in [0.25, 0.3) is 0 Å². The van der Waals surface area contributed by atoms with Crippen LogP contribution in [-0.2, 0) is 10.0 Å². The number of thiocarbonyl (C=S) groups is 1.